The third-order valence-electron chi connectivity index (χ3n) is 2.89. The maximum absolute atomic E-state index is 13.3. The van der Waals surface area contributed by atoms with Gasteiger partial charge in [0.1, 0.15) is 0 Å². The summed E-state index contributed by atoms with van der Waals surface area (Å²) in [5.74, 6) is 0.892. The molecule has 0 amide bonds. The van der Waals surface area contributed by atoms with E-state index < -0.39 is 0 Å². The van der Waals surface area contributed by atoms with Crippen molar-refractivity contribution >= 4 is 0 Å². The monoisotopic (exact) mass is 209 g/mol. The molecule has 0 saturated heterocycles. The molecular weight excluding hydrogens is 191 g/mol. The highest BCUT2D eigenvalue weighted by atomic mass is 19.1. The van der Waals surface area contributed by atoms with Gasteiger partial charge in [0.2, 0.25) is 0 Å². The zero-order valence-electron chi connectivity index (χ0n) is 9.46. The molecular formula is C12H18FN2. The Morgan fingerprint density at radius 1 is 1.53 bits per heavy atom. The molecule has 1 heterocycles. The van der Waals surface area contributed by atoms with Crippen molar-refractivity contribution in [2.75, 3.05) is 0 Å². The molecule has 0 spiro atoms. The number of aryl methyl sites for hydroxylation is 1. The molecule has 1 fully saturated rings. The minimum atomic E-state index is -0.234. The lowest BCUT2D eigenvalue weighted by atomic mass is 10.1. The molecule has 2 rings (SSSR count). The van der Waals surface area contributed by atoms with E-state index in [1.165, 1.54) is 6.42 Å². The van der Waals surface area contributed by atoms with Crippen LogP contribution in [0.25, 0.3) is 0 Å². The zero-order chi connectivity index (χ0) is 10.8. The summed E-state index contributed by atoms with van der Waals surface area (Å²) in [7, 11) is 0. The van der Waals surface area contributed by atoms with E-state index in [4.69, 9.17) is 0 Å². The summed E-state index contributed by atoms with van der Waals surface area (Å²) >= 11 is 0. The Balaban J connectivity index is 1.95. The molecule has 1 saturated carbocycles. The van der Waals surface area contributed by atoms with Crippen LogP contribution in [0.3, 0.4) is 0 Å². The lowest BCUT2D eigenvalue weighted by molar-refractivity contribution is 0.475. The van der Waals surface area contributed by atoms with Crippen LogP contribution in [0.15, 0.2) is 0 Å². The van der Waals surface area contributed by atoms with Crippen LogP contribution >= 0.6 is 0 Å². The van der Waals surface area contributed by atoms with Gasteiger partial charge in [0.25, 0.3) is 0 Å². The normalized spacial score (nSPS) is 16.3. The van der Waals surface area contributed by atoms with Gasteiger partial charge in [-0.3, -0.25) is 4.68 Å². The van der Waals surface area contributed by atoms with Crippen molar-refractivity contribution in [3.8, 4) is 0 Å². The molecule has 0 aliphatic heterocycles. The van der Waals surface area contributed by atoms with E-state index >= 15 is 0 Å². The molecule has 1 aromatic rings. The van der Waals surface area contributed by atoms with Crippen LogP contribution in [0.2, 0.25) is 0 Å². The molecule has 0 N–H and O–H groups in total. The molecule has 2 nitrogen and oxygen atoms in total. The van der Waals surface area contributed by atoms with Crippen molar-refractivity contribution < 1.29 is 4.39 Å². The summed E-state index contributed by atoms with van der Waals surface area (Å²) in [5.41, 5.74) is 0.791. The Kier molecular flexibility index (Phi) is 3.08. The first-order valence-electron chi connectivity index (χ1n) is 5.82. The van der Waals surface area contributed by atoms with Crippen LogP contribution in [-0.4, -0.2) is 9.78 Å². The van der Waals surface area contributed by atoms with Gasteiger partial charge in [-0.2, -0.15) is 5.10 Å². The topological polar surface area (TPSA) is 17.8 Å². The van der Waals surface area contributed by atoms with Crippen molar-refractivity contribution in [1.29, 1.82) is 0 Å². The van der Waals surface area contributed by atoms with Crippen molar-refractivity contribution in [1.82, 2.24) is 9.78 Å². The first-order chi connectivity index (χ1) is 7.18. The van der Waals surface area contributed by atoms with Crippen molar-refractivity contribution in [2.45, 2.75) is 52.0 Å². The Hall–Kier alpha value is -0.860. The average molecular weight is 209 g/mol. The van der Waals surface area contributed by atoms with Crippen LogP contribution in [0.4, 0.5) is 4.39 Å². The van der Waals surface area contributed by atoms with Crippen LogP contribution in [0, 0.1) is 17.9 Å². The molecule has 0 aromatic carbocycles. The van der Waals surface area contributed by atoms with Crippen LogP contribution in [0.1, 0.15) is 51.1 Å². The highest BCUT2D eigenvalue weighted by molar-refractivity contribution is 5.15. The maximum Gasteiger partial charge on any atom is 0.174 e. The fourth-order valence-electron chi connectivity index (χ4n) is 1.90. The van der Waals surface area contributed by atoms with Gasteiger partial charge in [-0.05, 0) is 31.6 Å². The lowest BCUT2D eigenvalue weighted by Crippen LogP contribution is -2.06. The van der Waals surface area contributed by atoms with Gasteiger partial charge in [-0.15, -0.1) is 0 Å². The Morgan fingerprint density at radius 3 is 2.87 bits per heavy atom. The number of hydrogen-bond acceptors (Lipinski definition) is 1. The van der Waals surface area contributed by atoms with E-state index in [2.05, 4.69) is 25.1 Å². The number of halogens is 1. The number of nitrogens with zero attached hydrogens (tertiary/aromatic N) is 2. The van der Waals surface area contributed by atoms with E-state index in [0.717, 1.165) is 31.5 Å². The molecule has 1 aromatic heterocycles. The summed E-state index contributed by atoms with van der Waals surface area (Å²) < 4.78 is 15.2. The summed E-state index contributed by atoms with van der Waals surface area (Å²) in [6.07, 6.45) is 6.91. The highest BCUT2D eigenvalue weighted by Gasteiger charge is 2.30. The predicted octanol–water partition coefficient (Wildman–Crippen LogP) is 3.14. The molecule has 3 heteroatoms. The third kappa shape index (κ3) is 2.58. The molecule has 15 heavy (non-hydrogen) atoms. The quantitative estimate of drug-likeness (QED) is 0.728. The zero-order valence-corrected chi connectivity index (χ0v) is 9.46. The van der Waals surface area contributed by atoms with Gasteiger partial charge < -0.3 is 0 Å². The van der Waals surface area contributed by atoms with E-state index in [-0.39, 0.29) is 5.82 Å². The predicted molar refractivity (Wildman–Crippen MR) is 57.1 cm³/mol. The molecule has 0 atom stereocenters. The van der Waals surface area contributed by atoms with Gasteiger partial charge in [0.15, 0.2) is 12.0 Å². The minimum Gasteiger partial charge on any atom is -0.266 e. The van der Waals surface area contributed by atoms with E-state index in [1.807, 2.05) is 4.68 Å². The SMILES string of the molecule is CC(C)CCCn1n[c]c(F)c1C1CC1. The minimum absolute atomic E-state index is 0.234. The van der Waals surface area contributed by atoms with Gasteiger partial charge >= 0.3 is 0 Å². The average Bonchev–Trinajstić information content (AvgIpc) is 2.92. The van der Waals surface area contributed by atoms with Crippen LogP contribution in [-0.2, 0) is 6.54 Å². The Morgan fingerprint density at radius 2 is 2.27 bits per heavy atom. The summed E-state index contributed by atoms with van der Waals surface area (Å²) in [6, 6.07) is 0. The van der Waals surface area contributed by atoms with Gasteiger partial charge in [0, 0.05) is 12.5 Å². The second-order valence-corrected chi connectivity index (χ2v) is 4.84. The fourth-order valence-corrected chi connectivity index (χ4v) is 1.90. The molecule has 83 valence electrons. The second kappa shape index (κ2) is 4.33. The lowest BCUT2D eigenvalue weighted by Gasteiger charge is -2.07. The van der Waals surface area contributed by atoms with E-state index in [0.29, 0.717) is 11.8 Å². The maximum atomic E-state index is 13.3. The first-order valence-corrected chi connectivity index (χ1v) is 5.82. The van der Waals surface area contributed by atoms with E-state index in [9.17, 15) is 4.39 Å². The Labute approximate surface area is 90.5 Å². The third-order valence-corrected chi connectivity index (χ3v) is 2.89. The highest BCUT2D eigenvalue weighted by Crippen LogP contribution is 2.41. The largest absolute Gasteiger partial charge is 0.266 e. The van der Waals surface area contributed by atoms with Crippen LogP contribution in [0.5, 0.6) is 0 Å². The molecule has 1 aliphatic carbocycles. The summed E-state index contributed by atoms with van der Waals surface area (Å²) in [6.45, 7) is 5.25. The van der Waals surface area contributed by atoms with Gasteiger partial charge in [0.05, 0.1) is 5.69 Å². The first kappa shape index (κ1) is 10.7. The number of aromatic nitrogens is 2. The summed E-state index contributed by atoms with van der Waals surface area (Å²) in [4.78, 5) is 0. The fraction of sp³-hybridized carbons (Fsp3) is 0.750. The molecule has 0 bridgehead atoms. The second-order valence-electron chi connectivity index (χ2n) is 4.84. The number of rotatable bonds is 5. The van der Waals surface area contributed by atoms with Gasteiger partial charge in [-0.1, -0.05) is 13.8 Å². The smallest absolute Gasteiger partial charge is 0.174 e. The van der Waals surface area contributed by atoms with Crippen molar-refractivity contribution in [3.05, 3.63) is 17.7 Å². The molecule has 1 radical (unpaired) electrons. The Bertz CT molecular complexity index is 326. The van der Waals surface area contributed by atoms with Crippen molar-refractivity contribution in [2.24, 2.45) is 5.92 Å². The number of hydrogen-bond donors (Lipinski definition) is 0. The summed E-state index contributed by atoms with van der Waals surface area (Å²) in [5, 5.41) is 3.99. The van der Waals surface area contributed by atoms with E-state index in [1.54, 1.807) is 0 Å². The van der Waals surface area contributed by atoms with Crippen LogP contribution < -0.4 is 0 Å². The molecule has 0 unspecified atom stereocenters. The molecule has 1 aliphatic rings. The van der Waals surface area contributed by atoms with Gasteiger partial charge in [-0.25, -0.2) is 4.39 Å². The van der Waals surface area contributed by atoms with Crippen molar-refractivity contribution in [3.63, 3.8) is 0 Å². The standard InChI is InChI=1S/C12H18FN2/c1-9(2)4-3-7-15-12(10-5-6-10)11(13)8-14-15/h9-10H,3-7H2,1-2H3.